The molecule has 1 aromatic rings. The Kier molecular flexibility index (Phi) is 4.52. The highest BCUT2D eigenvalue weighted by atomic mass is 16.5. The number of fused-ring (bicyclic) bond motifs is 1. The first-order valence-electron chi connectivity index (χ1n) is 8.08. The summed E-state index contributed by atoms with van der Waals surface area (Å²) in [6.45, 7) is 4.32. The molecule has 1 atom stereocenters. The fourth-order valence-corrected chi connectivity index (χ4v) is 3.40. The Bertz CT molecular complexity index is 539. The van der Waals surface area contributed by atoms with Crippen LogP contribution in [-0.4, -0.2) is 51.3 Å². The second-order valence-corrected chi connectivity index (χ2v) is 6.25. The zero-order chi connectivity index (χ0) is 15.5. The molecule has 1 aliphatic heterocycles. The zero-order valence-corrected chi connectivity index (χ0v) is 13.5. The van der Waals surface area contributed by atoms with Gasteiger partial charge in [0.15, 0.2) is 0 Å². The van der Waals surface area contributed by atoms with E-state index in [2.05, 4.69) is 40.4 Å². The first-order chi connectivity index (χ1) is 10.7. The Labute approximate surface area is 132 Å². The van der Waals surface area contributed by atoms with E-state index < -0.39 is 0 Å². The summed E-state index contributed by atoms with van der Waals surface area (Å²) in [5.74, 6) is 0. The number of amides is 1. The summed E-state index contributed by atoms with van der Waals surface area (Å²) in [7, 11) is 3.58. The second kappa shape index (κ2) is 6.57. The molecular weight excluding hydrogens is 278 g/mol. The minimum absolute atomic E-state index is 0.0728. The SMILES string of the molecule is COC(=O)NC1CCCc2ccc(N3CCN(C)CC3)cc21. The van der Waals surface area contributed by atoms with E-state index in [-0.39, 0.29) is 12.1 Å². The van der Waals surface area contributed by atoms with E-state index in [1.165, 1.54) is 23.9 Å². The molecule has 5 nitrogen and oxygen atoms in total. The quantitative estimate of drug-likeness (QED) is 0.909. The summed E-state index contributed by atoms with van der Waals surface area (Å²) in [6, 6.07) is 6.79. The fourth-order valence-electron chi connectivity index (χ4n) is 3.40. The number of piperazine rings is 1. The minimum Gasteiger partial charge on any atom is -0.453 e. The molecule has 3 rings (SSSR count). The van der Waals surface area contributed by atoms with E-state index in [0.29, 0.717) is 0 Å². The number of nitrogens with zero attached hydrogens (tertiary/aromatic N) is 2. The van der Waals surface area contributed by atoms with Gasteiger partial charge in [0.25, 0.3) is 0 Å². The van der Waals surface area contributed by atoms with Gasteiger partial charge in [0, 0.05) is 31.9 Å². The molecule has 2 aliphatic rings. The van der Waals surface area contributed by atoms with Gasteiger partial charge in [0.2, 0.25) is 0 Å². The summed E-state index contributed by atoms with van der Waals surface area (Å²) >= 11 is 0. The Morgan fingerprint density at radius 3 is 2.77 bits per heavy atom. The van der Waals surface area contributed by atoms with Crippen molar-refractivity contribution in [3.8, 4) is 0 Å². The standard InChI is InChI=1S/C17H25N3O2/c1-19-8-10-20(11-9-19)14-7-6-13-4-3-5-16(15(13)12-14)18-17(21)22-2/h6-7,12,16H,3-5,8-11H2,1-2H3,(H,18,21). The van der Waals surface area contributed by atoms with Crippen LogP contribution < -0.4 is 10.2 Å². The number of benzene rings is 1. The molecule has 1 unspecified atom stereocenters. The molecule has 1 N–H and O–H groups in total. The molecule has 1 aliphatic carbocycles. The van der Waals surface area contributed by atoms with Crippen LogP contribution in [0.2, 0.25) is 0 Å². The maximum atomic E-state index is 11.6. The Morgan fingerprint density at radius 1 is 1.27 bits per heavy atom. The Hall–Kier alpha value is -1.75. The van der Waals surface area contributed by atoms with E-state index in [4.69, 9.17) is 4.74 Å². The number of rotatable bonds is 2. The van der Waals surface area contributed by atoms with Gasteiger partial charge in [0.05, 0.1) is 13.2 Å². The van der Waals surface area contributed by atoms with E-state index in [0.717, 1.165) is 45.4 Å². The van der Waals surface area contributed by atoms with Crippen molar-refractivity contribution in [3.05, 3.63) is 29.3 Å². The van der Waals surface area contributed by atoms with Gasteiger partial charge in [-0.1, -0.05) is 6.07 Å². The Balaban J connectivity index is 1.81. The summed E-state index contributed by atoms with van der Waals surface area (Å²) < 4.78 is 4.76. The first kappa shape index (κ1) is 15.2. The molecule has 1 aromatic carbocycles. The number of nitrogens with one attached hydrogen (secondary N) is 1. The molecular formula is C17H25N3O2. The minimum atomic E-state index is -0.345. The molecule has 0 radical (unpaired) electrons. The number of hydrogen-bond acceptors (Lipinski definition) is 4. The van der Waals surface area contributed by atoms with E-state index in [1.807, 2.05) is 0 Å². The van der Waals surface area contributed by atoms with Gasteiger partial charge in [-0.2, -0.15) is 0 Å². The molecule has 1 fully saturated rings. The summed E-state index contributed by atoms with van der Waals surface area (Å²) in [6.07, 6.45) is 2.84. The zero-order valence-electron chi connectivity index (χ0n) is 13.5. The Morgan fingerprint density at radius 2 is 2.05 bits per heavy atom. The highest BCUT2D eigenvalue weighted by Gasteiger charge is 2.24. The number of carbonyl (C=O) groups excluding carboxylic acids is 1. The molecule has 0 saturated carbocycles. The molecule has 5 heteroatoms. The number of likely N-dealkylation sites (N-methyl/N-ethyl adjacent to an activating group) is 1. The largest absolute Gasteiger partial charge is 0.453 e. The van der Waals surface area contributed by atoms with Gasteiger partial charge >= 0.3 is 6.09 Å². The maximum absolute atomic E-state index is 11.6. The first-order valence-corrected chi connectivity index (χ1v) is 8.08. The third-order valence-corrected chi connectivity index (χ3v) is 4.79. The van der Waals surface area contributed by atoms with Crippen molar-refractivity contribution < 1.29 is 9.53 Å². The van der Waals surface area contributed by atoms with Crippen LogP contribution in [0, 0.1) is 0 Å². The monoisotopic (exact) mass is 303 g/mol. The number of methoxy groups -OCH3 is 1. The highest BCUT2D eigenvalue weighted by Crippen LogP contribution is 2.33. The third-order valence-electron chi connectivity index (χ3n) is 4.79. The summed E-state index contributed by atoms with van der Waals surface area (Å²) in [5.41, 5.74) is 3.88. The topological polar surface area (TPSA) is 44.8 Å². The predicted octanol–water partition coefficient (Wildman–Crippen LogP) is 2.17. The van der Waals surface area contributed by atoms with Gasteiger partial charge in [0.1, 0.15) is 0 Å². The lowest BCUT2D eigenvalue weighted by Gasteiger charge is -2.35. The number of alkyl carbamates (subject to hydrolysis) is 1. The fraction of sp³-hybridized carbons (Fsp3) is 0.588. The van der Waals surface area contributed by atoms with Crippen LogP contribution >= 0.6 is 0 Å². The van der Waals surface area contributed by atoms with Crippen LogP contribution in [0.15, 0.2) is 18.2 Å². The van der Waals surface area contributed by atoms with Crippen LogP contribution in [0.25, 0.3) is 0 Å². The highest BCUT2D eigenvalue weighted by molar-refractivity contribution is 5.68. The molecule has 1 saturated heterocycles. The van der Waals surface area contributed by atoms with E-state index in [9.17, 15) is 4.79 Å². The van der Waals surface area contributed by atoms with Crippen molar-refractivity contribution in [1.82, 2.24) is 10.2 Å². The van der Waals surface area contributed by atoms with Crippen molar-refractivity contribution in [1.29, 1.82) is 0 Å². The van der Waals surface area contributed by atoms with Crippen molar-refractivity contribution in [3.63, 3.8) is 0 Å². The smallest absolute Gasteiger partial charge is 0.407 e. The lowest BCUT2D eigenvalue weighted by molar-refractivity contribution is 0.165. The molecule has 1 amide bonds. The van der Waals surface area contributed by atoms with Crippen molar-refractivity contribution in [2.75, 3.05) is 45.2 Å². The maximum Gasteiger partial charge on any atom is 0.407 e. The predicted molar refractivity (Wildman–Crippen MR) is 87.4 cm³/mol. The van der Waals surface area contributed by atoms with E-state index in [1.54, 1.807) is 0 Å². The van der Waals surface area contributed by atoms with Gasteiger partial charge in [-0.15, -0.1) is 0 Å². The third kappa shape index (κ3) is 3.19. The molecule has 120 valence electrons. The molecule has 0 aromatic heterocycles. The molecule has 0 bridgehead atoms. The number of ether oxygens (including phenoxy) is 1. The normalized spacial score (nSPS) is 22.1. The number of carbonyl (C=O) groups is 1. The lowest BCUT2D eigenvalue weighted by Crippen LogP contribution is -2.44. The average molecular weight is 303 g/mol. The van der Waals surface area contributed by atoms with Crippen LogP contribution in [0.5, 0.6) is 0 Å². The number of hydrogen-bond donors (Lipinski definition) is 1. The van der Waals surface area contributed by atoms with Crippen molar-refractivity contribution in [2.45, 2.75) is 25.3 Å². The van der Waals surface area contributed by atoms with Gasteiger partial charge in [-0.3, -0.25) is 0 Å². The van der Waals surface area contributed by atoms with Gasteiger partial charge in [-0.05, 0) is 49.6 Å². The van der Waals surface area contributed by atoms with Crippen molar-refractivity contribution in [2.24, 2.45) is 0 Å². The van der Waals surface area contributed by atoms with Crippen LogP contribution in [0.1, 0.15) is 30.0 Å². The van der Waals surface area contributed by atoms with Crippen LogP contribution in [0.4, 0.5) is 10.5 Å². The lowest BCUT2D eigenvalue weighted by atomic mass is 9.87. The van der Waals surface area contributed by atoms with Crippen molar-refractivity contribution >= 4 is 11.8 Å². The summed E-state index contributed by atoms with van der Waals surface area (Å²) in [5, 5.41) is 2.97. The second-order valence-electron chi connectivity index (χ2n) is 6.25. The molecule has 1 heterocycles. The summed E-state index contributed by atoms with van der Waals surface area (Å²) in [4.78, 5) is 16.4. The van der Waals surface area contributed by atoms with Crippen LogP contribution in [0.3, 0.4) is 0 Å². The van der Waals surface area contributed by atoms with Gasteiger partial charge in [-0.25, -0.2) is 4.79 Å². The van der Waals surface area contributed by atoms with E-state index >= 15 is 0 Å². The number of anilines is 1. The number of aryl methyl sites for hydroxylation is 1. The molecule has 0 spiro atoms. The van der Waals surface area contributed by atoms with Gasteiger partial charge < -0.3 is 19.9 Å². The average Bonchev–Trinajstić information content (AvgIpc) is 2.55. The molecule has 22 heavy (non-hydrogen) atoms. The van der Waals surface area contributed by atoms with Crippen LogP contribution in [-0.2, 0) is 11.2 Å².